The van der Waals surface area contributed by atoms with Crippen LogP contribution in [0.2, 0.25) is 0 Å². The lowest BCUT2D eigenvalue weighted by atomic mass is 9.97. The van der Waals surface area contributed by atoms with Crippen LogP contribution in [-0.4, -0.2) is 42.9 Å². The summed E-state index contributed by atoms with van der Waals surface area (Å²) in [7, 11) is 0. The van der Waals surface area contributed by atoms with Crippen LogP contribution in [0.3, 0.4) is 0 Å². The van der Waals surface area contributed by atoms with Crippen LogP contribution in [0.15, 0.2) is 24.3 Å². The Morgan fingerprint density at radius 1 is 1.04 bits per heavy atom. The minimum absolute atomic E-state index is 0.0190. The number of hydrogen-bond donors (Lipinski definition) is 1. The van der Waals surface area contributed by atoms with Gasteiger partial charge in [-0.05, 0) is 55.9 Å². The van der Waals surface area contributed by atoms with E-state index in [-0.39, 0.29) is 17.7 Å². The molecule has 2 heterocycles. The summed E-state index contributed by atoms with van der Waals surface area (Å²) >= 11 is 0. The molecule has 2 amide bonds. The summed E-state index contributed by atoms with van der Waals surface area (Å²) in [5, 5.41) is 3.01. The van der Waals surface area contributed by atoms with E-state index in [4.69, 9.17) is 0 Å². The summed E-state index contributed by atoms with van der Waals surface area (Å²) in [4.78, 5) is 28.2. The van der Waals surface area contributed by atoms with Gasteiger partial charge < -0.3 is 15.1 Å². The van der Waals surface area contributed by atoms with Crippen LogP contribution in [0.1, 0.15) is 39.5 Å². The minimum Gasteiger partial charge on any atom is -0.372 e. The lowest BCUT2D eigenvalue weighted by Gasteiger charge is -2.32. The van der Waals surface area contributed by atoms with E-state index in [1.165, 1.54) is 18.5 Å². The van der Waals surface area contributed by atoms with Gasteiger partial charge in [-0.3, -0.25) is 9.59 Å². The van der Waals surface area contributed by atoms with Gasteiger partial charge in [-0.25, -0.2) is 0 Å². The van der Waals surface area contributed by atoms with E-state index in [2.05, 4.69) is 29.3 Å². The van der Waals surface area contributed by atoms with E-state index in [1.54, 1.807) is 11.8 Å². The molecule has 2 aliphatic rings. The van der Waals surface area contributed by atoms with E-state index < -0.39 is 0 Å². The first-order chi connectivity index (χ1) is 12.0. The van der Waals surface area contributed by atoms with E-state index in [0.29, 0.717) is 6.54 Å². The van der Waals surface area contributed by atoms with Crippen molar-refractivity contribution in [2.45, 2.75) is 39.5 Å². The van der Waals surface area contributed by atoms with Crippen LogP contribution in [0.4, 0.5) is 11.4 Å². The SMILES string of the molecule is CC(=O)N1CCC[C@@H](C(=O)Nc2ccc(N3CCC(C)CC3)cc2)C1. The smallest absolute Gasteiger partial charge is 0.229 e. The molecule has 0 saturated carbocycles. The van der Waals surface area contributed by atoms with Crippen molar-refractivity contribution in [1.82, 2.24) is 4.90 Å². The van der Waals surface area contributed by atoms with Gasteiger partial charge in [-0.1, -0.05) is 6.92 Å². The fourth-order valence-electron chi connectivity index (χ4n) is 3.74. The summed E-state index contributed by atoms with van der Waals surface area (Å²) in [6.45, 7) is 7.40. The monoisotopic (exact) mass is 343 g/mol. The van der Waals surface area contributed by atoms with Crippen molar-refractivity contribution >= 4 is 23.2 Å². The number of hydrogen-bond acceptors (Lipinski definition) is 3. The first kappa shape index (κ1) is 17.8. The van der Waals surface area contributed by atoms with E-state index in [9.17, 15) is 9.59 Å². The molecule has 1 aromatic rings. The molecule has 0 aromatic heterocycles. The normalized spacial score (nSPS) is 21.9. The molecule has 0 radical (unpaired) electrons. The van der Waals surface area contributed by atoms with Crippen LogP contribution in [0.25, 0.3) is 0 Å². The van der Waals surface area contributed by atoms with Crippen LogP contribution < -0.4 is 10.2 Å². The largest absolute Gasteiger partial charge is 0.372 e. The number of nitrogens with zero attached hydrogens (tertiary/aromatic N) is 2. The maximum absolute atomic E-state index is 12.5. The Labute approximate surface area is 150 Å². The Balaban J connectivity index is 1.56. The van der Waals surface area contributed by atoms with Crippen molar-refractivity contribution in [3.63, 3.8) is 0 Å². The summed E-state index contributed by atoms with van der Waals surface area (Å²) in [6.07, 6.45) is 4.23. The zero-order valence-corrected chi connectivity index (χ0v) is 15.3. The summed E-state index contributed by atoms with van der Waals surface area (Å²) in [5.74, 6) is 0.781. The zero-order chi connectivity index (χ0) is 17.8. The first-order valence-electron chi connectivity index (χ1n) is 9.44. The standard InChI is InChI=1S/C20H29N3O2/c1-15-9-12-22(13-10-15)19-7-5-18(6-8-19)21-20(25)17-4-3-11-23(14-17)16(2)24/h5-8,15,17H,3-4,9-14H2,1-2H3,(H,21,25)/t17-/m1/s1. The second-order valence-corrected chi connectivity index (χ2v) is 7.51. The highest BCUT2D eigenvalue weighted by atomic mass is 16.2. The number of carbonyl (C=O) groups is 2. The second-order valence-electron chi connectivity index (χ2n) is 7.51. The Morgan fingerprint density at radius 2 is 1.72 bits per heavy atom. The van der Waals surface area contributed by atoms with Crippen LogP contribution in [0.5, 0.6) is 0 Å². The summed E-state index contributed by atoms with van der Waals surface area (Å²) in [6, 6.07) is 8.15. The van der Waals surface area contributed by atoms with Crippen molar-refractivity contribution in [1.29, 1.82) is 0 Å². The molecule has 0 aliphatic carbocycles. The van der Waals surface area contributed by atoms with Gasteiger partial charge in [-0.15, -0.1) is 0 Å². The lowest BCUT2D eigenvalue weighted by Crippen LogP contribution is -2.42. The Morgan fingerprint density at radius 3 is 2.36 bits per heavy atom. The molecule has 0 bridgehead atoms. The molecule has 2 aliphatic heterocycles. The molecule has 1 N–H and O–H groups in total. The quantitative estimate of drug-likeness (QED) is 0.917. The molecule has 1 atom stereocenters. The van der Waals surface area contributed by atoms with Gasteiger partial charge in [0.25, 0.3) is 0 Å². The van der Waals surface area contributed by atoms with Crippen LogP contribution in [-0.2, 0) is 9.59 Å². The molecular weight excluding hydrogens is 314 g/mol. The van der Waals surface area contributed by atoms with Gasteiger partial charge in [0.1, 0.15) is 0 Å². The summed E-state index contributed by atoms with van der Waals surface area (Å²) in [5.41, 5.74) is 2.06. The zero-order valence-electron chi connectivity index (χ0n) is 15.3. The summed E-state index contributed by atoms with van der Waals surface area (Å²) < 4.78 is 0. The van der Waals surface area contributed by atoms with Crippen molar-refractivity contribution < 1.29 is 9.59 Å². The molecule has 3 rings (SSSR count). The molecule has 25 heavy (non-hydrogen) atoms. The molecule has 2 saturated heterocycles. The minimum atomic E-state index is -0.110. The predicted octanol–water partition coefficient (Wildman–Crippen LogP) is 3.12. The maximum Gasteiger partial charge on any atom is 0.229 e. The number of rotatable bonds is 3. The highest BCUT2D eigenvalue weighted by Crippen LogP contribution is 2.25. The fourth-order valence-corrected chi connectivity index (χ4v) is 3.74. The van der Waals surface area contributed by atoms with Gasteiger partial charge in [0.2, 0.25) is 11.8 Å². The van der Waals surface area contributed by atoms with Gasteiger partial charge >= 0.3 is 0 Å². The lowest BCUT2D eigenvalue weighted by molar-refractivity contribution is -0.132. The van der Waals surface area contributed by atoms with Crippen LogP contribution in [0, 0.1) is 11.8 Å². The topological polar surface area (TPSA) is 52.7 Å². The molecule has 5 heteroatoms. The first-order valence-corrected chi connectivity index (χ1v) is 9.44. The number of anilines is 2. The maximum atomic E-state index is 12.5. The molecular formula is C20H29N3O2. The average Bonchev–Trinajstić information content (AvgIpc) is 2.63. The van der Waals surface area contributed by atoms with E-state index >= 15 is 0 Å². The fraction of sp³-hybridized carbons (Fsp3) is 0.600. The average molecular weight is 343 g/mol. The van der Waals surface area contributed by atoms with E-state index in [1.807, 2.05) is 12.1 Å². The number of benzene rings is 1. The number of nitrogens with one attached hydrogen (secondary N) is 1. The highest BCUT2D eigenvalue weighted by molar-refractivity contribution is 5.93. The number of amides is 2. The number of piperidine rings is 2. The third-order valence-electron chi connectivity index (χ3n) is 5.52. The van der Waals surface area contributed by atoms with Crippen molar-refractivity contribution in [3.8, 4) is 0 Å². The van der Waals surface area contributed by atoms with Crippen molar-refractivity contribution in [2.24, 2.45) is 11.8 Å². The van der Waals surface area contributed by atoms with Gasteiger partial charge in [-0.2, -0.15) is 0 Å². The molecule has 0 spiro atoms. The highest BCUT2D eigenvalue weighted by Gasteiger charge is 2.27. The van der Waals surface area contributed by atoms with Crippen LogP contribution >= 0.6 is 0 Å². The third kappa shape index (κ3) is 4.53. The van der Waals surface area contributed by atoms with Gasteiger partial charge in [0.15, 0.2) is 0 Å². The van der Waals surface area contributed by atoms with E-state index in [0.717, 1.165) is 44.1 Å². The Bertz CT molecular complexity index is 606. The Kier molecular flexibility index (Phi) is 5.61. The van der Waals surface area contributed by atoms with Crippen molar-refractivity contribution in [2.75, 3.05) is 36.4 Å². The van der Waals surface area contributed by atoms with Gasteiger partial charge in [0, 0.05) is 44.5 Å². The number of carbonyl (C=O) groups excluding carboxylic acids is 2. The molecule has 1 aromatic carbocycles. The Hall–Kier alpha value is -2.04. The molecule has 136 valence electrons. The van der Waals surface area contributed by atoms with Gasteiger partial charge in [0.05, 0.1) is 5.92 Å². The third-order valence-corrected chi connectivity index (χ3v) is 5.52. The second kappa shape index (κ2) is 7.89. The van der Waals surface area contributed by atoms with Crippen molar-refractivity contribution in [3.05, 3.63) is 24.3 Å². The molecule has 0 unspecified atom stereocenters. The molecule has 2 fully saturated rings. The molecule has 5 nitrogen and oxygen atoms in total. The predicted molar refractivity (Wildman–Crippen MR) is 101 cm³/mol. The number of likely N-dealkylation sites (tertiary alicyclic amines) is 1.